The van der Waals surface area contributed by atoms with Gasteiger partial charge in [-0.25, -0.2) is 0 Å². The number of hydrogen-bond acceptors (Lipinski definition) is 1. The van der Waals surface area contributed by atoms with Crippen molar-refractivity contribution < 1.29 is 0 Å². The summed E-state index contributed by atoms with van der Waals surface area (Å²) in [5, 5.41) is 7.51. The lowest BCUT2D eigenvalue weighted by Gasteiger charge is -2.27. The van der Waals surface area contributed by atoms with Gasteiger partial charge in [0, 0.05) is 12.1 Å². The highest BCUT2D eigenvalue weighted by Crippen LogP contribution is 2.28. The van der Waals surface area contributed by atoms with Crippen LogP contribution in [0.25, 0.3) is 0 Å². The lowest BCUT2D eigenvalue weighted by atomic mass is 10.0. The van der Waals surface area contributed by atoms with E-state index in [2.05, 4.69) is 31.4 Å². The highest BCUT2D eigenvalue weighted by atomic mass is 32.1. The summed E-state index contributed by atoms with van der Waals surface area (Å²) in [4.78, 5) is 0. The maximum atomic E-state index is 5.26. The number of nitrogens with one attached hydrogen (secondary N) is 2. The average molecular weight is 214 g/mol. The molecule has 2 N–H and O–H groups in total. The van der Waals surface area contributed by atoms with E-state index < -0.39 is 0 Å². The molecule has 14 heavy (non-hydrogen) atoms. The normalized spacial score (nSPS) is 19.7. The molecule has 1 fully saturated rings. The van der Waals surface area contributed by atoms with Crippen LogP contribution >= 0.6 is 12.2 Å². The van der Waals surface area contributed by atoms with Gasteiger partial charge >= 0.3 is 0 Å². The molecule has 1 saturated carbocycles. The van der Waals surface area contributed by atoms with Crippen molar-refractivity contribution >= 4 is 17.3 Å². The maximum Gasteiger partial charge on any atom is 0.166 e. The van der Waals surface area contributed by atoms with Crippen molar-refractivity contribution in [1.82, 2.24) is 10.6 Å². The molecule has 1 aliphatic rings. The first-order valence-electron chi connectivity index (χ1n) is 5.58. The molecule has 3 heteroatoms. The first-order chi connectivity index (χ1) is 6.52. The predicted molar refractivity (Wildman–Crippen MR) is 65.4 cm³/mol. The van der Waals surface area contributed by atoms with Crippen LogP contribution in [-0.4, -0.2) is 17.2 Å². The van der Waals surface area contributed by atoms with E-state index in [0.717, 1.165) is 11.7 Å². The van der Waals surface area contributed by atoms with E-state index in [9.17, 15) is 0 Å². The van der Waals surface area contributed by atoms with Crippen LogP contribution in [0.4, 0.5) is 0 Å². The lowest BCUT2D eigenvalue weighted by molar-refractivity contribution is 0.427. The average Bonchev–Trinajstić information content (AvgIpc) is 2.48. The molecular weight excluding hydrogens is 192 g/mol. The van der Waals surface area contributed by atoms with Crippen LogP contribution in [0.3, 0.4) is 0 Å². The molecule has 1 aliphatic carbocycles. The van der Waals surface area contributed by atoms with Crippen molar-refractivity contribution in [2.75, 3.05) is 6.54 Å². The van der Waals surface area contributed by atoms with Gasteiger partial charge in [-0.3, -0.25) is 0 Å². The second kappa shape index (κ2) is 4.96. The molecule has 0 heterocycles. The number of thiocarbonyl (C=S) groups is 1. The second-order valence-electron chi connectivity index (χ2n) is 5.00. The monoisotopic (exact) mass is 214 g/mol. The Labute approximate surface area is 92.8 Å². The number of hydrogen-bond donors (Lipinski definition) is 2. The summed E-state index contributed by atoms with van der Waals surface area (Å²) in [6.45, 7) is 7.60. The van der Waals surface area contributed by atoms with E-state index in [-0.39, 0.29) is 5.54 Å². The van der Waals surface area contributed by atoms with E-state index in [1.807, 2.05) is 0 Å². The van der Waals surface area contributed by atoms with Crippen molar-refractivity contribution in [3.63, 3.8) is 0 Å². The minimum absolute atomic E-state index is 0.251. The molecule has 0 atom stereocenters. The molecule has 0 spiro atoms. The van der Waals surface area contributed by atoms with Gasteiger partial charge in [-0.2, -0.15) is 0 Å². The highest BCUT2D eigenvalue weighted by molar-refractivity contribution is 7.80. The Hall–Kier alpha value is -0.310. The Balaban J connectivity index is 2.25. The van der Waals surface area contributed by atoms with Gasteiger partial charge in [0.2, 0.25) is 0 Å². The van der Waals surface area contributed by atoms with E-state index in [1.54, 1.807) is 0 Å². The van der Waals surface area contributed by atoms with Gasteiger partial charge in [-0.1, -0.05) is 26.7 Å². The fourth-order valence-corrected chi connectivity index (χ4v) is 2.23. The maximum absolute atomic E-state index is 5.26. The zero-order valence-electron chi connectivity index (χ0n) is 9.52. The summed E-state index contributed by atoms with van der Waals surface area (Å²) in [5.74, 6) is 0.645. The van der Waals surface area contributed by atoms with Crippen LogP contribution in [-0.2, 0) is 0 Å². The van der Waals surface area contributed by atoms with Crippen LogP contribution in [0.5, 0.6) is 0 Å². The second-order valence-corrected chi connectivity index (χ2v) is 5.40. The molecular formula is C11H22N2S. The van der Waals surface area contributed by atoms with Gasteiger partial charge in [0.05, 0.1) is 0 Å². The minimum Gasteiger partial charge on any atom is -0.362 e. The third kappa shape index (κ3) is 3.82. The molecule has 1 rings (SSSR count). The predicted octanol–water partition coefficient (Wildman–Crippen LogP) is 2.44. The summed E-state index contributed by atoms with van der Waals surface area (Å²) in [6.07, 6.45) is 5.15. The van der Waals surface area contributed by atoms with Crippen LogP contribution in [0, 0.1) is 5.92 Å². The quantitative estimate of drug-likeness (QED) is 0.706. The van der Waals surface area contributed by atoms with Crippen molar-refractivity contribution in [2.24, 2.45) is 5.92 Å². The van der Waals surface area contributed by atoms with Gasteiger partial charge < -0.3 is 10.6 Å². The van der Waals surface area contributed by atoms with E-state index in [1.165, 1.54) is 25.7 Å². The van der Waals surface area contributed by atoms with Gasteiger partial charge in [0.25, 0.3) is 0 Å². The minimum atomic E-state index is 0.251. The Morgan fingerprint density at radius 3 is 2.43 bits per heavy atom. The Bertz CT molecular complexity index is 195. The molecule has 0 aromatic rings. The first kappa shape index (κ1) is 11.8. The topological polar surface area (TPSA) is 24.1 Å². The summed E-state index contributed by atoms with van der Waals surface area (Å²) >= 11 is 5.26. The molecule has 0 bridgehead atoms. The fourth-order valence-electron chi connectivity index (χ4n) is 1.90. The van der Waals surface area contributed by atoms with Crippen LogP contribution in [0.2, 0.25) is 0 Å². The van der Waals surface area contributed by atoms with E-state index in [4.69, 9.17) is 12.2 Å². The number of rotatable bonds is 3. The summed E-state index contributed by atoms with van der Waals surface area (Å²) in [7, 11) is 0. The standard InChI is InChI=1S/C11H22N2S/c1-9(2)8-12-10(14)13-11(3)6-4-5-7-11/h9H,4-8H2,1-3H3,(H2,12,13,14). The van der Waals surface area contributed by atoms with Gasteiger partial charge in [0.15, 0.2) is 5.11 Å². The Kier molecular flexibility index (Phi) is 4.17. The SMILES string of the molecule is CC(C)CNC(=S)NC1(C)CCCC1. The van der Waals surface area contributed by atoms with Gasteiger partial charge in [-0.15, -0.1) is 0 Å². The van der Waals surface area contributed by atoms with E-state index >= 15 is 0 Å². The summed E-state index contributed by atoms with van der Waals surface area (Å²) in [6, 6.07) is 0. The molecule has 0 radical (unpaired) electrons. The fraction of sp³-hybridized carbons (Fsp3) is 0.909. The molecule has 0 aromatic carbocycles. The summed E-state index contributed by atoms with van der Waals surface area (Å²) in [5.41, 5.74) is 0.251. The molecule has 2 nitrogen and oxygen atoms in total. The molecule has 0 amide bonds. The lowest BCUT2D eigenvalue weighted by Crippen LogP contribution is -2.49. The van der Waals surface area contributed by atoms with Crippen LogP contribution < -0.4 is 10.6 Å². The zero-order valence-corrected chi connectivity index (χ0v) is 10.3. The molecule has 0 unspecified atom stereocenters. The molecule has 0 aliphatic heterocycles. The third-order valence-electron chi connectivity index (χ3n) is 2.79. The van der Waals surface area contributed by atoms with Gasteiger partial charge in [-0.05, 0) is 37.9 Å². The third-order valence-corrected chi connectivity index (χ3v) is 3.04. The van der Waals surface area contributed by atoms with Crippen molar-refractivity contribution in [2.45, 2.75) is 52.0 Å². The van der Waals surface area contributed by atoms with Crippen LogP contribution in [0.1, 0.15) is 46.5 Å². The highest BCUT2D eigenvalue weighted by Gasteiger charge is 2.28. The largest absolute Gasteiger partial charge is 0.362 e. The first-order valence-corrected chi connectivity index (χ1v) is 5.99. The van der Waals surface area contributed by atoms with Crippen molar-refractivity contribution in [1.29, 1.82) is 0 Å². The zero-order chi connectivity index (χ0) is 10.6. The van der Waals surface area contributed by atoms with Crippen molar-refractivity contribution in [3.8, 4) is 0 Å². The molecule has 0 saturated heterocycles. The Morgan fingerprint density at radius 2 is 1.93 bits per heavy atom. The Morgan fingerprint density at radius 1 is 1.36 bits per heavy atom. The molecule has 0 aromatic heterocycles. The van der Waals surface area contributed by atoms with Gasteiger partial charge in [0.1, 0.15) is 0 Å². The smallest absolute Gasteiger partial charge is 0.166 e. The van der Waals surface area contributed by atoms with E-state index in [0.29, 0.717) is 5.92 Å². The summed E-state index contributed by atoms with van der Waals surface area (Å²) < 4.78 is 0. The van der Waals surface area contributed by atoms with Crippen LogP contribution in [0.15, 0.2) is 0 Å². The van der Waals surface area contributed by atoms with Crippen molar-refractivity contribution in [3.05, 3.63) is 0 Å². The molecule has 82 valence electrons.